The maximum absolute atomic E-state index is 12.1. The number of piperidine rings is 1. The number of carbonyl (C=O) groups is 1. The average molecular weight is 325 g/mol. The molecule has 1 aromatic carbocycles. The molecule has 1 fully saturated rings. The summed E-state index contributed by atoms with van der Waals surface area (Å²) < 4.78 is 5.62. The van der Waals surface area contributed by atoms with Gasteiger partial charge in [-0.3, -0.25) is 4.79 Å². The van der Waals surface area contributed by atoms with E-state index in [0.29, 0.717) is 30.5 Å². The van der Waals surface area contributed by atoms with Crippen molar-refractivity contribution in [2.24, 2.45) is 5.92 Å². The van der Waals surface area contributed by atoms with Crippen LogP contribution in [0.15, 0.2) is 24.3 Å². The molecule has 0 unspecified atom stereocenters. The number of amides is 1. The topological polar surface area (TPSA) is 41.6 Å². The lowest BCUT2D eigenvalue weighted by Crippen LogP contribution is -2.32. The smallest absolute Gasteiger partial charge is 0.222 e. The molecule has 22 heavy (non-hydrogen) atoms. The molecule has 2 rings (SSSR count). The number of nitrogens with one attached hydrogen (secondary N) is 1. The lowest BCUT2D eigenvalue weighted by molar-refractivity contribution is -0.130. The van der Waals surface area contributed by atoms with Crippen molar-refractivity contribution in [3.8, 4) is 5.75 Å². The lowest BCUT2D eigenvalue weighted by atomic mass is 9.93. The number of nitrogens with zero attached hydrogens (tertiary/aromatic N) is 1. The molecule has 1 aliphatic rings. The Morgan fingerprint density at radius 1 is 1.41 bits per heavy atom. The molecule has 0 bridgehead atoms. The van der Waals surface area contributed by atoms with Crippen LogP contribution < -0.4 is 10.1 Å². The molecule has 0 spiro atoms. The van der Waals surface area contributed by atoms with Gasteiger partial charge in [0.15, 0.2) is 0 Å². The Morgan fingerprint density at radius 3 is 2.91 bits per heavy atom. The van der Waals surface area contributed by atoms with Gasteiger partial charge in [-0.05, 0) is 56.5 Å². The Hall–Kier alpha value is -1.26. The number of halogens is 1. The zero-order valence-corrected chi connectivity index (χ0v) is 13.9. The minimum absolute atomic E-state index is 0.202. The van der Waals surface area contributed by atoms with Gasteiger partial charge in [0.25, 0.3) is 0 Å². The van der Waals surface area contributed by atoms with Gasteiger partial charge in [0.05, 0.1) is 6.54 Å². The Balaban J connectivity index is 1.63. The third kappa shape index (κ3) is 5.85. The summed E-state index contributed by atoms with van der Waals surface area (Å²) in [6.07, 6.45) is 4.02. The van der Waals surface area contributed by atoms with Gasteiger partial charge in [-0.25, -0.2) is 0 Å². The average Bonchev–Trinajstić information content (AvgIpc) is 2.53. The van der Waals surface area contributed by atoms with E-state index in [-0.39, 0.29) is 5.91 Å². The normalized spacial score (nSPS) is 15.5. The second-order valence-corrected chi connectivity index (χ2v) is 6.29. The molecule has 0 aromatic heterocycles. The van der Waals surface area contributed by atoms with Crippen LogP contribution in [0.2, 0.25) is 5.02 Å². The van der Waals surface area contributed by atoms with E-state index in [0.717, 1.165) is 25.3 Å². The Kier molecular flexibility index (Phi) is 7.00. The van der Waals surface area contributed by atoms with E-state index < -0.39 is 0 Å². The number of likely N-dealkylation sites (N-methyl/N-ethyl adjacent to an activating group) is 1. The van der Waals surface area contributed by atoms with Crippen LogP contribution in [0.1, 0.15) is 25.7 Å². The van der Waals surface area contributed by atoms with Gasteiger partial charge in [-0.1, -0.05) is 17.7 Å². The maximum atomic E-state index is 12.1. The highest BCUT2D eigenvalue weighted by Crippen LogP contribution is 2.18. The summed E-state index contributed by atoms with van der Waals surface area (Å²) in [5.41, 5.74) is 0. The lowest BCUT2D eigenvalue weighted by Gasteiger charge is -2.23. The summed E-state index contributed by atoms with van der Waals surface area (Å²) >= 11 is 5.90. The predicted molar refractivity (Wildman–Crippen MR) is 89.4 cm³/mol. The zero-order chi connectivity index (χ0) is 15.8. The summed E-state index contributed by atoms with van der Waals surface area (Å²) in [5, 5.41) is 4.01. The predicted octanol–water partition coefficient (Wildman–Crippen LogP) is 2.96. The van der Waals surface area contributed by atoms with Crippen LogP contribution in [0.4, 0.5) is 0 Å². The highest BCUT2D eigenvalue weighted by atomic mass is 35.5. The highest BCUT2D eigenvalue weighted by Gasteiger charge is 2.16. The van der Waals surface area contributed by atoms with Crippen LogP contribution in [-0.2, 0) is 4.79 Å². The van der Waals surface area contributed by atoms with Crippen molar-refractivity contribution in [1.29, 1.82) is 0 Å². The molecule has 1 saturated heterocycles. The number of carbonyl (C=O) groups excluding carboxylic acids is 1. The first kappa shape index (κ1) is 17.1. The highest BCUT2D eigenvalue weighted by molar-refractivity contribution is 6.30. The fourth-order valence-corrected chi connectivity index (χ4v) is 2.85. The molecule has 0 aliphatic carbocycles. The number of rotatable bonds is 7. The van der Waals surface area contributed by atoms with Crippen LogP contribution in [0.5, 0.6) is 5.75 Å². The van der Waals surface area contributed by atoms with Crippen LogP contribution in [0.25, 0.3) is 0 Å². The molecule has 1 aliphatic heterocycles. The minimum Gasteiger partial charge on any atom is -0.492 e. The van der Waals surface area contributed by atoms with E-state index in [9.17, 15) is 4.79 Å². The molecule has 0 saturated carbocycles. The van der Waals surface area contributed by atoms with Crippen molar-refractivity contribution in [2.45, 2.75) is 25.7 Å². The molecule has 4 nitrogen and oxygen atoms in total. The molecule has 1 N–H and O–H groups in total. The SMILES string of the molecule is CN(CCOc1cccc(Cl)c1)C(=O)CCC1CCNCC1. The van der Waals surface area contributed by atoms with Gasteiger partial charge in [0.1, 0.15) is 12.4 Å². The van der Waals surface area contributed by atoms with Gasteiger partial charge in [0, 0.05) is 18.5 Å². The monoisotopic (exact) mass is 324 g/mol. The molecule has 1 amide bonds. The number of hydrogen-bond donors (Lipinski definition) is 1. The molecule has 1 heterocycles. The van der Waals surface area contributed by atoms with E-state index in [4.69, 9.17) is 16.3 Å². The summed E-state index contributed by atoms with van der Waals surface area (Å²) in [5.74, 6) is 1.64. The Labute approximate surface area is 137 Å². The van der Waals surface area contributed by atoms with Crippen LogP contribution in [0.3, 0.4) is 0 Å². The largest absolute Gasteiger partial charge is 0.492 e. The molecule has 0 radical (unpaired) electrons. The number of ether oxygens (including phenoxy) is 1. The summed E-state index contributed by atoms with van der Waals surface area (Å²) in [6, 6.07) is 7.31. The summed E-state index contributed by atoms with van der Waals surface area (Å²) in [4.78, 5) is 13.9. The van der Waals surface area contributed by atoms with Gasteiger partial charge < -0.3 is 15.0 Å². The van der Waals surface area contributed by atoms with Crippen molar-refractivity contribution in [1.82, 2.24) is 10.2 Å². The third-order valence-corrected chi connectivity index (χ3v) is 4.38. The maximum Gasteiger partial charge on any atom is 0.222 e. The molecule has 0 atom stereocenters. The minimum atomic E-state index is 0.202. The van der Waals surface area contributed by atoms with E-state index in [2.05, 4.69) is 5.32 Å². The van der Waals surface area contributed by atoms with Crippen molar-refractivity contribution >= 4 is 17.5 Å². The number of benzene rings is 1. The second-order valence-electron chi connectivity index (χ2n) is 5.85. The number of hydrogen-bond acceptors (Lipinski definition) is 3. The van der Waals surface area contributed by atoms with Gasteiger partial charge >= 0.3 is 0 Å². The van der Waals surface area contributed by atoms with Crippen LogP contribution >= 0.6 is 11.6 Å². The summed E-state index contributed by atoms with van der Waals surface area (Å²) in [7, 11) is 1.84. The van der Waals surface area contributed by atoms with Crippen molar-refractivity contribution in [3.05, 3.63) is 29.3 Å². The van der Waals surface area contributed by atoms with Gasteiger partial charge in [-0.15, -0.1) is 0 Å². The summed E-state index contributed by atoms with van der Waals surface area (Å²) in [6.45, 7) is 3.25. The fourth-order valence-electron chi connectivity index (χ4n) is 2.67. The Bertz CT molecular complexity index is 475. The van der Waals surface area contributed by atoms with Crippen molar-refractivity contribution in [2.75, 3.05) is 33.3 Å². The van der Waals surface area contributed by atoms with Crippen molar-refractivity contribution in [3.63, 3.8) is 0 Å². The van der Waals surface area contributed by atoms with E-state index in [1.807, 2.05) is 25.2 Å². The van der Waals surface area contributed by atoms with Gasteiger partial charge in [-0.2, -0.15) is 0 Å². The standard InChI is InChI=1S/C17H25ClN2O2/c1-20(11-12-22-16-4-2-3-15(18)13-16)17(21)6-5-14-7-9-19-10-8-14/h2-4,13-14,19H,5-12H2,1H3. The van der Waals surface area contributed by atoms with Crippen LogP contribution in [0, 0.1) is 5.92 Å². The van der Waals surface area contributed by atoms with Crippen molar-refractivity contribution < 1.29 is 9.53 Å². The van der Waals surface area contributed by atoms with E-state index in [1.165, 1.54) is 12.8 Å². The van der Waals surface area contributed by atoms with Gasteiger partial charge in [0.2, 0.25) is 5.91 Å². The fraction of sp³-hybridized carbons (Fsp3) is 0.588. The second kappa shape index (κ2) is 9.01. The molecular weight excluding hydrogens is 300 g/mol. The molecule has 1 aromatic rings. The third-order valence-electron chi connectivity index (χ3n) is 4.14. The Morgan fingerprint density at radius 2 is 2.18 bits per heavy atom. The zero-order valence-electron chi connectivity index (χ0n) is 13.2. The van der Waals surface area contributed by atoms with E-state index in [1.54, 1.807) is 11.0 Å². The van der Waals surface area contributed by atoms with E-state index >= 15 is 0 Å². The molecule has 122 valence electrons. The first-order valence-electron chi connectivity index (χ1n) is 7.98. The van der Waals surface area contributed by atoms with Crippen LogP contribution in [-0.4, -0.2) is 44.1 Å². The quantitative estimate of drug-likeness (QED) is 0.838. The molecular formula is C17H25ClN2O2. The first-order chi connectivity index (χ1) is 10.6. The molecule has 5 heteroatoms. The first-order valence-corrected chi connectivity index (χ1v) is 8.36.